The largest absolute Gasteiger partial charge is 0.481 e. The van der Waals surface area contributed by atoms with E-state index in [1.807, 2.05) is 13.8 Å². The highest BCUT2D eigenvalue weighted by Gasteiger charge is 2.20. The van der Waals surface area contributed by atoms with Crippen LogP contribution in [0.5, 0.6) is 0 Å². The molecule has 0 aliphatic carbocycles. The van der Waals surface area contributed by atoms with Gasteiger partial charge in [-0.05, 0) is 47.9 Å². The van der Waals surface area contributed by atoms with Gasteiger partial charge < -0.3 is 10.2 Å². The molecule has 3 rings (SSSR count). The molecule has 0 aliphatic rings. The summed E-state index contributed by atoms with van der Waals surface area (Å²) in [6.45, 7) is 3.83. The van der Waals surface area contributed by atoms with E-state index in [2.05, 4.69) is 10.2 Å². The quantitative estimate of drug-likeness (QED) is 0.430. The fourth-order valence-electron chi connectivity index (χ4n) is 3.53. The maximum atomic E-state index is 13.7. The number of carboxylic acid groups (broad SMARTS) is 1. The van der Waals surface area contributed by atoms with Crippen LogP contribution in [0.4, 0.5) is 8.78 Å². The molecule has 0 saturated carbocycles. The van der Waals surface area contributed by atoms with Gasteiger partial charge in [-0.2, -0.15) is 5.10 Å². The molecule has 2 aromatic carbocycles. The van der Waals surface area contributed by atoms with Crippen molar-refractivity contribution in [2.24, 2.45) is 0 Å². The van der Waals surface area contributed by atoms with E-state index in [4.69, 9.17) is 5.11 Å². The van der Waals surface area contributed by atoms with Gasteiger partial charge in [0.05, 0.1) is 11.8 Å². The van der Waals surface area contributed by atoms with Crippen LogP contribution in [0.3, 0.4) is 0 Å². The first-order valence-corrected chi connectivity index (χ1v) is 10.7. The molecule has 0 aliphatic heterocycles. The van der Waals surface area contributed by atoms with Crippen LogP contribution in [0.25, 0.3) is 28.5 Å². The lowest BCUT2D eigenvalue weighted by Crippen LogP contribution is -2.14. The Morgan fingerprint density at radius 2 is 1.50 bits per heavy atom. The van der Waals surface area contributed by atoms with Gasteiger partial charge in [-0.1, -0.05) is 38.1 Å². The van der Waals surface area contributed by atoms with E-state index >= 15 is 0 Å². The minimum atomic E-state index is -1.26. The maximum absolute atomic E-state index is 13.7. The average molecular weight is 466 g/mol. The third kappa shape index (κ3) is 6.17. The number of hydrogen-bond donors (Lipinski definition) is 2. The Bertz CT molecular complexity index is 1210. The predicted molar refractivity (Wildman–Crippen MR) is 124 cm³/mol. The number of aliphatic carboxylic acids is 1. The summed E-state index contributed by atoms with van der Waals surface area (Å²) >= 11 is 0. The van der Waals surface area contributed by atoms with Crippen molar-refractivity contribution in [3.8, 4) is 22.4 Å². The molecule has 0 bridgehead atoms. The lowest BCUT2D eigenvalue weighted by Gasteiger charge is -2.18. The number of halogens is 2. The second-order valence-corrected chi connectivity index (χ2v) is 8.13. The van der Waals surface area contributed by atoms with Gasteiger partial charge >= 0.3 is 5.97 Å². The molecule has 8 heteroatoms. The molecule has 1 aromatic heterocycles. The van der Waals surface area contributed by atoms with Crippen LogP contribution in [0.2, 0.25) is 0 Å². The lowest BCUT2D eigenvalue weighted by molar-refractivity contribution is -0.140. The average Bonchev–Trinajstić information content (AvgIpc) is 2.77. The van der Waals surface area contributed by atoms with E-state index in [0.29, 0.717) is 33.6 Å². The minimum absolute atomic E-state index is 0.0700. The zero-order valence-corrected chi connectivity index (χ0v) is 18.7. The van der Waals surface area contributed by atoms with E-state index < -0.39 is 35.9 Å². The van der Waals surface area contributed by atoms with Crippen molar-refractivity contribution in [3.63, 3.8) is 0 Å². The number of aliphatic hydroxyl groups is 1. The Morgan fingerprint density at radius 1 is 0.941 bits per heavy atom. The van der Waals surface area contributed by atoms with Crippen LogP contribution in [0.15, 0.2) is 54.6 Å². The van der Waals surface area contributed by atoms with Crippen LogP contribution < -0.4 is 0 Å². The van der Waals surface area contributed by atoms with Gasteiger partial charge in [-0.25, -0.2) is 8.78 Å². The molecule has 0 fully saturated rings. The Kier molecular flexibility index (Phi) is 7.96. The summed E-state index contributed by atoms with van der Waals surface area (Å²) in [6, 6.07) is 11.5. The van der Waals surface area contributed by atoms with Gasteiger partial charge in [0.2, 0.25) is 0 Å². The first-order valence-electron chi connectivity index (χ1n) is 10.7. The molecule has 176 valence electrons. The third-order valence-corrected chi connectivity index (χ3v) is 5.11. The first kappa shape index (κ1) is 24.9. The van der Waals surface area contributed by atoms with Gasteiger partial charge in [0.1, 0.15) is 29.5 Å². The monoisotopic (exact) mass is 466 g/mol. The predicted octanol–water partition coefficient (Wildman–Crippen LogP) is 5.02. The second kappa shape index (κ2) is 10.9. The van der Waals surface area contributed by atoms with Crippen molar-refractivity contribution in [1.29, 1.82) is 0 Å². The summed E-state index contributed by atoms with van der Waals surface area (Å²) in [5.74, 6) is -2.76. The SMILES string of the molecule is CC(C)c1nnc(-c2ccc(F)cc2)c(-c2ccc(F)cc2)c1/C=C/C(O)CC(=O)CC(=O)O. The minimum Gasteiger partial charge on any atom is -0.481 e. The Labute approximate surface area is 195 Å². The number of Topliss-reactive ketones (excluding diaryl/α,β-unsaturated/α-hetero) is 1. The Morgan fingerprint density at radius 3 is 2.03 bits per heavy atom. The van der Waals surface area contributed by atoms with Crippen molar-refractivity contribution in [1.82, 2.24) is 10.2 Å². The number of ketones is 1. The highest BCUT2D eigenvalue weighted by Crippen LogP contribution is 2.37. The van der Waals surface area contributed by atoms with Crippen LogP contribution in [-0.4, -0.2) is 38.3 Å². The molecule has 0 spiro atoms. The standard InChI is InChI=1S/C26H24F2N2O4/c1-15(2)25-22(12-11-20(31)13-21(32)14-23(33)34)24(16-3-7-18(27)8-4-16)26(30-29-25)17-5-9-19(28)10-6-17/h3-12,15,20,31H,13-14H2,1-2H3,(H,33,34)/b12-11+. The molecule has 1 atom stereocenters. The van der Waals surface area contributed by atoms with Crippen LogP contribution in [-0.2, 0) is 9.59 Å². The molecule has 0 radical (unpaired) electrons. The second-order valence-electron chi connectivity index (χ2n) is 8.13. The highest BCUT2D eigenvalue weighted by atomic mass is 19.1. The number of carbonyl (C=O) groups excluding carboxylic acids is 1. The van der Waals surface area contributed by atoms with E-state index in [-0.39, 0.29) is 12.3 Å². The fraction of sp³-hybridized carbons (Fsp3) is 0.231. The zero-order valence-electron chi connectivity index (χ0n) is 18.7. The topological polar surface area (TPSA) is 100 Å². The fourth-order valence-corrected chi connectivity index (χ4v) is 3.53. The number of aromatic nitrogens is 2. The Balaban J connectivity index is 2.16. The molecular weight excluding hydrogens is 442 g/mol. The summed E-state index contributed by atoms with van der Waals surface area (Å²) in [7, 11) is 0. The first-order chi connectivity index (χ1) is 16.2. The summed E-state index contributed by atoms with van der Waals surface area (Å²) < 4.78 is 27.2. The van der Waals surface area contributed by atoms with E-state index in [0.717, 1.165) is 0 Å². The number of carboxylic acids is 1. The van der Waals surface area contributed by atoms with E-state index in [1.54, 1.807) is 30.3 Å². The molecule has 1 heterocycles. The number of carbonyl (C=O) groups is 2. The molecule has 34 heavy (non-hydrogen) atoms. The molecular formula is C26H24F2N2O4. The summed E-state index contributed by atoms with van der Waals surface area (Å²) in [4.78, 5) is 22.5. The summed E-state index contributed by atoms with van der Waals surface area (Å²) in [5.41, 5.74) is 3.47. The number of nitrogens with zero attached hydrogens (tertiary/aromatic N) is 2. The van der Waals surface area contributed by atoms with Crippen LogP contribution in [0.1, 0.15) is 43.9 Å². The van der Waals surface area contributed by atoms with E-state index in [9.17, 15) is 23.5 Å². The smallest absolute Gasteiger partial charge is 0.310 e. The van der Waals surface area contributed by atoms with Gasteiger partial charge in [-0.3, -0.25) is 9.59 Å². The van der Waals surface area contributed by atoms with Crippen molar-refractivity contribution in [3.05, 3.63) is 77.5 Å². The normalized spacial score (nSPS) is 12.3. The number of hydrogen-bond acceptors (Lipinski definition) is 5. The molecule has 1 unspecified atom stereocenters. The zero-order chi connectivity index (χ0) is 24.8. The van der Waals surface area contributed by atoms with E-state index in [1.165, 1.54) is 30.3 Å². The van der Waals surface area contributed by atoms with Crippen LogP contribution in [0, 0.1) is 11.6 Å². The van der Waals surface area contributed by atoms with Gasteiger partial charge in [-0.15, -0.1) is 5.10 Å². The molecule has 2 N–H and O–H groups in total. The summed E-state index contributed by atoms with van der Waals surface area (Å²) in [5, 5.41) is 27.8. The van der Waals surface area contributed by atoms with Crippen molar-refractivity contribution < 1.29 is 28.6 Å². The van der Waals surface area contributed by atoms with Gasteiger partial charge in [0.15, 0.2) is 0 Å². The summed E-state index contributed by atoms with van der Waals surface area (Å²) in [6.07, 6.45) is 0.762. The third-order valence-electron chi connectivity index (χ3n) is 5.11. The van der Waals surface area contributed by atoms with Crippen molar-refractivity contribution in [2.75, 3.05) is 0 Å². The number of benzene rings is 2. The molecule has 0 amide bonds. The Hall–Kier alpha value is -3.78. The molecule has 6 nitrogen and oxygen atoms in total. The highest BCUT2D eigenvalue weighted by molar-refractivity contribution is 5.95. The van der Waals surface area contributed by atoms with Crippen LogP contribution >= 0.6 is 0 Å². The molecule has 3 aromatic rings. The van der Waals surface area contributed by atoms with Crippen molar-refractivity contribution >= 4 is 17.8 Å². The van der Waals surface area contributed by atoms with Crippen molar-refractivity contribution in [2.45, 2.75) is 38.7 Å². The molecule has 0 saturated heterocycles. The lowest BCUT2D eigenvalue weighted by atomic mass is 9.90. The maximum Gasteiger partial charge on any atom is 0.310 e. The number of aliphatic hydroxyl groups excluding tert-OH is 1. The van der Waals surface area contributed by atoms with Gasteiger partial charge in [0.25, 0.3) is 0 Å². The van der Waals surface area contributed by atoms with Gasteiger partial charge in [0, 0.05) is 23.1 Å². The number of rotatable bonds is 9.